The molecule has 0 spiro atoms. The minimum Gasteiger partial charge on any atom is -0.401 e. The van der Waals surface area contributed by atoms with E-state index in [-0.39, 0.29) is 0 Å². The van der Waals surface area contributed by atoms with Crippen molar-refractivity contribution in [1.82, 2.24) is 0 Å². The van der Waals surface area contributed by atoms with Gasteiger partial charge in [0.2, 0.25) is 0 Å². The van der Waals surface area contributed by atoms with Gasteiger partial charge in [0.15, 0.2) is 0 Å². The van der Waals surface area contributed by atoms with Crippen LogP contribution in [0.5, 0.6) is 0 Å². The van der Waals surface area contributed by atoms with Crippen LogP contribution < -0.4 is 11.5 Å². The Balaban J connectivity index is 3.85. The Morgan fingerprint density at radius 1 is 1.62 bits per heavy atom. The average molecular weight is 110 g/mol. The van der Waals surface area contributed by atoms with E-state index in [0.717, 1.165) is 0 Å². The second-order valence-electron chi connectivity index (χ2n) is 1.59. The molecule has 2 heteroatoms. The summed E-state index contributed by atoms with van der Waals surface area (Å²) >= 11 is 0. The molecule has 0 saturated heterocycles. The van der Waals surface area contributed by atoms with Crippen molar-refractivity contribution in [3.05, 3.63) is 11.4 Å². The minimum atomic E-state index is 0.447. The molecule has 0 amide bonds. The van der Waals surface area contributed by atoms with E-state index in [1.165, 1.54) is 0 Å². The lowest BCUT2D eigenvalue weighted by Gasteiger charge is -1.95. The second kappa shape index (κ2) is 2.98. The summed E-state index contributed by atoms with van der Waals surface area (Å²) in [5, 5.41) is 0. The largest absolute Gasteiger partial charge is 0.401 e. The van der Waals surface area contributed by atoms with E-state index in [1.54, 1.807) is 6.92 Å². The van der Waals surface area contributed by atoms with Crippen molar-refractivity contribution in [3.63, 3.8) is 0 Å². The lowest BCUT2D eigenvalue weighted by atomic mass is 10.3. The smallest absolute Gasteiger partial charge is 0.0501 e. The Morgan fingerprint density at radius 2 is 2.12 bits per heavy atom. The van der Waals surface area contributed by atoms with Gasteiger partial charge >= 0.3 is 0 Å². The molecule has 0 aliphatic heterocycles. The van der Waals surface area contributed by atoms with Crippen molar-refractivity contribution < 1.29 is 0 Å². The zero-order chi connectivity index (χ0) is 6.57. The minimum absolute atomic E-state index is 0.447. The average Bonchev–Trinajstić information content (AvgIpc) is 1.67. The number of nitrogens with two attached hydrogens (primary N) is 2. The molecule has 0 heterocycles. The highest BCUT2D eigenvalue weighted by Crippen LogP contribution is 1.92. The van der Waals surface area contributed by atoms with Gasteiger partial charge in [-0.15, -0.1) is 12.3 Å². The van der Waals surface area contributed by atoms with Gasteiger partial charge in [0.1, 0.15) is 0 Å². The van der Waals surface area contributed by atoms with E-state index in [4.69, 9.17) is 17.9 Å². The van der Waals surface area contributed by atoms with Gasteiger partial charge in [-0.1, -0.05) is 0 Å². The van der Waals surface area contributed by atoms with Gasteiger partial charge in [0.25, 0.3) is 0 Å². The van der Waals surface area contributed by atoms with Crippen molar-refractivity contribution in [2.75, 3.05) is 0 Å². The van der Waals surface area contributed by atoms with Crippen LogP contribution in [0, 0.1) is 12.3 Å². The maximum absolute atomic E-state index is 5.34. The molecule has 0 aromatic heterocycles. The summed E-state index contributed by atoms with van der Waals surface area (Å²) in [6.07, 6.45) is 5.39. The highest BCUT2D eigenvalue weighted by Gasteiger charge is 1.86. The number of allylic oxidation sites excluding steroid dienone is 2. The Labute approximate surface area is 49.6 Å². The molecular weight excluding hydrogens is 100 g/mol. The van der Waals surface area contributed by atoms with Gasteiger partial charge in [-0.05, 0) is 6.92 Å². The van der Waals surface area contributed by atoms with E-state index in [1.807, 2.05) is 0 Å². The third-order valence-electron chi connectivity index (χ3n) is 0.799. The summed E-state index contributed by atoms with van der Waals surface area (Å²) < 4.78 is 0. The molecule has 0 aromatic rings. The van der Waals surface area contributed by atoms with Gasteiger partial charge < -0.3 is 11.5 Å². The normalized spacial score (nSPS) is 12.0. The summed E-state index contributed by atoms with van der Waals surface area (Å²) in [5.74, 6) is 2.39. The number of terminal acetylenes is 1. The third-order valence-corrected chi connectivity index (χ3v) is 0.799. The lowest BCUT2D eigenvalue weighted by molar-refractivity contribution is 1.10. The van der Waals surface area contributed by atoms with E-state index in [2.05, 4.69) is 5.92 Å². The van der Waals surface area contributed by atoms with Crippen LogP contribution in [0.3, 0.4) is 0 Å². The van der Waals surface area contributed by atoms with E-state index >= 15 is 0 Å². The quantitative estimate of drug-likeness (QED) is 0.472. The fourth-order valence-corrected chi connectivity index (χ4v) is 0.249. The Kier molecular flexibility index (Phi) is 2.57. The molecule has 8 heavy (non-hydrogen) atoms. The van der Waals surface area contributed by atoms with Crippen molar-refractivity contribution in [2.24, 2.45) is 11.5 Å². The number of hydrogen-bond acceptors (Lipinski definition) is 2. The molecular formula is C6H10N2. The molecule has 0 aliphatic carbocycles. The Bertz CT molecular complexity index is 135. The van der Waals surface area contributed by atoms with Crippen LogP contribution in [0.1, 0.15) is 13.3 Å². The molecule has 2 nitrogen and oxygen atoms in total. The maximum Gasteiger partial charge on any atom is 0.0501 e. The third kappa shape index (κ3) is 2.14. The summed E-state index contributed by atoms with van der Waals surface area (Å²) in [4.78, 5) is 0. The fourth-order valence-electron chi connectivity index (χ4n) is 0.249. The van der Waals surface area contributed by atoms with Crippen LogP contribution in [0.15, 0.2) is 11.4 Å². The van der Waals surface area contributed by atoms with E-state index in [0.29, 0.717) is 17.8 Å². The molecule has 0 rings (SSSR count). The van der Waals surface area contributed by atoms with Gasteiger partial charge in [0, 0.05) is 11.4 Å². The fraction of sp³-hybridized carbons (Fsp3) is 0.333. The predicted molar refractivity (Wildman–Crippen MR) is 34.5 cm³/mol. The first-order valence-corrected chi connectivity index (χ1v) is 2.32. The number of hydrogen-bond donors (Lipinski definition) is 2. The second-order valence-corrected chi connectivity index (χ2v) is 1.59. The monoisotopic (exact) mass is 110 g/mol. The first-order chi connectivity index (χ1) is 3.68. The van der Waals surface area contributed by atoms with Gasteiger partial charge in [-0.25, -0.2) is 0 Å². The van der Waals surface area contributed by atoms with Crippen LogP contribution >= 0.6 is 0 Å². The molecule has 0 fully saturated rings. The lowest BCUT2D eigenvalue weighted by Crippen LogP contribution is -2.05. The van der Waals surface area contributed by atoms with Crippen molar-refractivity contribution in [3.8, 4) is 12.3 Å². The number of rotatable bonds is 1. The SMILES string of the molecule is C#CC/C(N)=C(/C)N. The summed E-state index contributed by atoms with van der Waals surface area (Å²) in [6.45, 7) is 1.73. The van der Waals surface area contributed by atoms with Crippen molar-refractivity contribution in [1.29, 1.82) is 0 Å². The molecule has 44 valence electrons. The van der Waals surface area contributed by atoms with Crippen LogP contribution in [-0.4, -0.2) is 0 Å². The Hall–Kier alpha value is -1.10. The summed E-state index contributed by atoms with van der Waals surface area (Å²) in [5.41, 5.74) is 11.8. The van der Waals surface area contributed by atoms with Crippen LogP contribution in [0.4, 0.5) is 0 Å². The molecule has 0 radical (unpaired) electrons. The van der Waals surface area contributed by atoms with E-state index < -0.39 is 0 Å². The van der Waals surface area contributed by atoms with Crippen molar-refractivity contribution in [2.45, 2.75) is 13.3 Å². The van der Waals surface area contributed by atoms with Crippen LogP contribution in [-0.2, 0) is 0 Å². The van der Waals surface area contributed by atoms with E-state index in [9.17, 15) is 0 Å². The highest BCUT2D eigenvalue weighted by molar-refractivity contribution is 5.11. The maximum atomic E-state index is 5.34. The molecule has 0 bridgehead atoms. The predicted octanol–water partition coefficient (Wildman–Crippen LogP) is 0.159. The molecule has 0 aliphatic rings. The molecule has 0 saturated carbocycles. The first-order valence-electron chi connectivity index (χ1n) is 2.32. The van der Waals surface area contributed by atoms with Gasteiger partial charge in [-0.2, -0.15) is 0 Å². The zero-order valence-corrected chi connectivity index (χ0v) is 4.94. The summed E-state index contributed by atoms with van der Waals surface area (Å²) in [6, 6.07) is 0. The summed E-state index contributed by atoms with van der Waals surface area (Å²) in [7, 11) is 0. The van der Waals surface area contributed by atoms with Crippen LogP contribution in [0.2, 0.25) is 0 Å². The standard InChI is InChI=1S/C6H10N2/c1-3-4-6(8)5(2)7/h1H,4,7-8H2,2H3/b6-5+. The van der Waals surface area contributed by atoms with Gasteiger partial charge in [0.05, 0.1) is 6.42 Å². The molecule has 0 aromatic carbocycles. The molecule has 0 unspecified atom stereocenters. The van der Waals surface area contributed by atoms with Crippen molar-refractivity contribution >= 4 is 0 Å². The first kappa shape index (κ1) is 6.90. The molecule has 0 atom stereocenters. The zero-order valence-electron chi connectivity index (χ0n) is 4.94. The highest BCUT2D eigenvalue weighted by atomic mass is 14.7. The topological polar surface area (TPSA) is 52.0 Å². The molecule has 4 N–H and O–H groups in total. The Morgan fingerprint density at radius 3 is 2.25 bits per heavy atom. The van der Waals surface area contributed by atoms with Crippen LogP contribution in [0.25, 0.3) is 0 Å². The van der Waals surface area contributed by atoms with Gasteiger partial charge in [-0.3, -0.25) is 0 Å².